The standard InChI is InChI=1S/C12H18N2OS/c1-9-8-16-7-6-14(9)12-11(10(2)15)4-3-5-13-12/h3-5,9-10,15H,6-8H2,1-2H3/t9?,10-/m1/s1. The van der Waals surface area contributed by atoms with Crippen molar-refractivity contribution in [1.82, 2.24) is 4.98 Å². The minimum Gasteiger partial charge on any atom is -0.389 e. The lowest BCUT2D eigenvalue weighted by Gasteiger charge is -2.35. The van der Waals surface area contributed by atoms with Crippen molar-refractivity contribution in [2.75, 3.05) is 23.0 Å². The van der Waals surface area contributed by atoms with E-state index in [1.165, 1.54) is 0 Å². The summed E-state index contributed by atoms with van der Waals surface area (Å²) in [4.78, 5) is 6.73. The molecule has 16 heavy (non-hydrogen) atoms. The maximum absolute atomic E-state index is 9.75. The Balaban J connectivity index is 2.31. The predicted octanol–water partition coefficient (Wildman–Crippen LogP) is 2.08. The molecule has 1 fully saturated rings. The Hall–Kier alpha value is -0.740. The molecule has 1 aliphatic rings. The molecule has 4 heteroatoms. The predicted molar refractivity (Wildman–Crippen MR) is 69.0 cm³/mol. The molecule has 0 aliphatic carbocycles. The summed E-state index contributed by atoms with van der Waals surface area (Å²) in [6, 6.07) is 4.34. The highest BCUT2D eigenvalue weighted by Crippen LogP contribution is 2.28. The number of aromatic nitrogens is 1. The van der Waals surface area contributed by atoms with Crippen LogP contribution in [0, 0.1) is 0 Å². The van der Waals surface area contributed by atoms with Crippen molar-refractivity contribution in [3.8, 4) is 0 Å². The highest BCUT2D eigenvalue weighted by molar-refractivity contribution is 7.99. The van der Waals surface area contributed by atoms with Gasteiger partial charge >= 0.3 is 0 Å². The fourth-order valence-electron chi connectivity index (χ4n) is 2.02. The molecule has 2 atom stereocenters. The molecule has 0 radical (unpaired) electrons. The molecule has 1 N–H and O–H groups in total. The molecule has 1 aromatic heterocycles. The first-order chi connectivity index (χ1) is 7.70. The van der Waals surface area contributed by atoms with Crippen LogP contribution in [-0.2, 0) is 0 Å². The molecular weight excluding hydrogens is 220 g/mol. The second kappa shape index (κ2) is 5.06. The van der Waals surface area contributed by atoms with Crippen molar-refractivity contribution >= 4 is 17.6 Å². The Kier molecular flexibility index (Phi) is 3.71. The monoisotopic (exact) mass is 238 g/mol. The summed E-state index contributed by atoms with van der Waals surface area (Å²) < 4.78 is 0. The zero-order chi connectivity index (χ0) is 11.5. The maximum atomic E-state index is 9.75. The zero-order valence-corrected chi connectivity index (χ0v) is 10.6. The van der Waals surface area contributed by atoms with Gasteiger partial charge in [0, 0.05) is 35.9 Å². The van der Waals surface area contributed by atoms with Crippen LogP contribution in [-0.4, -0.2) is 34.2 Å². The van der Waals surface area contributed by atoms with E-state index in [2.05, 4.69) is 16.8 Å². The number of nitrogens with zero attached hydrogens (tertiary/aromatic N) is 2. The molecule has 1 saturated heterocycles. The fourth-order valence-corrected chi connectivity index (χ4v) is 3.03. The largest absolute Gasteiger partial charge is 0.389 e. The molecule has 1 aromatic rings. The van der Waals surface area contributed by atoms with E-state index in [1.54, 1.807) is 13.1 Å². The smallest absolute Gasteiger partial charge is 0.134 e. The molecule has 0 amide bonds. The SMILES string of the molecule is CC1CSCCN1c1ncccc1[C@@H](C)O. The molecule has 2 rings (SSSR count). The quantitative estimate of drug-likeness (QED) is 0.856. The van der Waals surface area contributed by atoms with Crippen LogP contribution in [0.5, 0.6) is 0 Å². The average molecular weight is 238 g/mol. The summed E-state index contributed by atoms with van der Waals surface area (Å²) >= 11 is 1.98. The van der Waals surface area contributed by atoms with Gasteiger partial charge in [0.25, 0.3) is 0 Å². The van der Waals surface area contributed by atoms with E-state index in [1.807, 2.05) is 23.9 Å². The van der Waals surface area contributed by atoms with Gasteiger partial charge in [-0.05, 0) is 19.9 Å². The third-order valence-corrected chi connectivity index (χ3v) is 4.10. The maximum Gasteiger partial charge on any atom is 0.134 e. The summed E-state index contributed by atoms with van der Waals surface area (Å²) in [6.45, 7) is 5.03. The van der Waals surface area contributed by atoms with Crippen LogP contribution in [0.4, 0.5) is 5.82 Å². The first kappa shape index (κ1) is 11.7. The average Bonchev–Trinajstić information content (AvgIpc) is 2.29. The van der Waals surface area contributed by atoms with E-state index in [9.17, 15) is 5.11 Å². The van der Waals surface area contributed by atoms with Crippen LogP contribution >= 0.6 is 11.8 Å². The number of anilines is 1. The van der Waals surface area contributed by atoms with Gasteiger partial charge in [-0.1, -0.05) is 6.07 Å². The Morgan fingerprint density at radius 1 is 1.62 bits per heavy atom. The molecule has 1 aliphatic heterocycles. The van der Waals surface area contributed by atoms with Crippen molar-refractivity contribution in [1.29, 1.82) is 0 Å². The van der Waals surface area contributed by atoms with Gasteiger partial charge in [0.1, 0.15) is 5.82 Å². The van der Waals surface area contributed by atoms with Crippen LogP contribution in [0.2, 0.25) is 0 Å². The minimum absolute atomic E-state index is 0.453. The first-order valence-electron chi connectivity index (χ1n) is 5.67. The van der Waals surface area contributed by atoms with Crippen molar-refractivity contribution in [2.24, 2.45) is 0 Å². The Morgan fingerprint density at radius 2 is 2.44 bits per heavy atom. The second-order valence-electron chi connectivity index (χ2n) is 4.21. The van der Waals surface area contributed by atoms with E-state index in [0.29, 0.717) is 6.04 Å². The fraction of sp³-hybridized carbons (Fsp3) is 0.583. The molecule has 1 unspecified atom stereocenters. The Bertz CT molecular complexity index is 357. The lowest BCUT2D eigenvalue weighted by atomic mass is 10.1. The summed E-state index contributed by atoms with van der Waals surface area (Å²) in [5.41, 5.74) is 0.932. The normalized spacial score (nSPS) is 23.2. The van der Waals surface area contributed by atoms with Gasteiger partial charge in [0.2, 0.25) is 0 Å². The number of pyridine rings is 1. The van der Waals surface area contributed by atoms with Crippen molar-refractivity contribution < 1.29 is 5.11 Å². The van der Waals surface area contributed by atoms with Crippen molar-refractivity contribution in [3.05, 3.63) is 23.9 Å². The first-order valence-corrected chi connectivity index (χ1v) is 6.83. The van der Waals surface area contributed by atoms with Crippen LogP contribution in [0.1, 0.15) is 25.5 Å². The number of hydrogen-bond donors (Lipinski definition) is 1. The third-order valence-electron chi connectivity index (χ3n) is 2.91. The molecule has 0 aromatic carbocycles. The van der Waals surface area contributed by atoms with E-state index in [-0.39, 0.29) is 0 Å². The second-order valence-corrected chi connectivity index (χ2v) is 5.36. The van der Waals surface area contributed by atoms with Gasteiger partial charge in [-0.2, -0.15) is 11.8 Å². The summed E-state index contributed by atoms with van der Waals surface area (Å²) in [6.07, 6.45) is 1.35. The highest BCUT2D eigenvalue weighted by atomic mass is 32.2. The number of aliphatic hydroxyl groups excluding tert-OH is 1. The Morgan fingerprint density at radius 3 is 3.12 bits per heavy atom. The van der Waals surface area contributed by atoms with Gasteiger partial charge in [-0.25, -0.2) is 4.98 Å². The highest BCUT2D eigenvalue weighted by Gasteiger charge is 2.23. The van der Waals surface area contributed by atoms with Crippen LogP contribution in [0.25, 0.3) is 0 Å². The van der Waals surface area contributed by atoms with Gasteiger partial charge in [-0.15, -0.1) is 0 Å². The number of hydrogen-bond acceptors (Lipinski definition) is 4. The van der Waals surface area contributed by atoms with E-state index >= 15 is 0 Å². The van der Waals surface area contributed by atoms with Gasteiger partial charge in [0.05, 0.1) is 6.10 Å². The van der Waals surface area contributed by atoms with Gasteiger partial charge in [-0.3, -0.25) is 0 Å². The van der Waals surface area contributed by atoms with Crippen LogP contribution in [0.3, 0.4) is 0 Å². The lowest BCUT2D eigenvalue weighted by Crippen LogP contribution is -2.41. The molecule has 0 saturated carbocycles. The molecule has 0 spiro atoms. The number of aliphatic hydroxyl groups is 1. The summed E-state index contributed by atoms with van der Waals surface area (Å²) in [5, 5.41) is 9.75. The van der Waals surface area contributed by atoms with E-state index in [0.717, 1.165) is 29.4 Å². The number of thioether (sulfide) groups is 1. The van der Waals surface area contributed by atoms with E-state index < -0.39 is 6.10 Å². The van der Waals surface area contributed by atoms with Crippen molar-refractivity contribution in [2.45, 2.75) is 26.0 Å². The summed E-state index contributed by atoms with van der Waals surface area (Å²) in [5.74, 6) is 3.22. The molecular formula is C12H18N2OS. The van der Waals surface area contributed by atoms with Crippen molar-refractivity contribution in [3.63, 3.8) is 0 Å². The van der Waals surface area contributed by atoms with Crippen LogP contribution in [0.15, 0.2) is 18.3 Å². The molecule has 88 valence electrons. The van der Waals surface area contributed by atoms with Gasteiger partial charge in [0.15, 0.2) is 0 Å². The summed E-state index contributed by atoms with van der Waals surface area (Å²) in [7, 11) is 0. The Labute approximate surface area is 101 Å². The van der Waals surface area contributed by atoms with Gasteiger partial charge < -0.3 is 10.0 Å². The third kappa shape index (κ3) is 2.33. The number of rotatable bonds is 2. The molecule has 0 bridgehead atoms. The topological polar surface area (TPSA) is 36.4 Å². The zero-order valence-electron chi connectivity index (χ0n) is 9.76. The molecule has 3 nitrogen and oxygen atoms in total. The van der Waals surface area contributed by atoms with E-state index in [4.69, 9.17) is 0 Å². The van der Waals surface area contributed by atoms with Crippen LogP contribution < -0.4 is 4.90 Å². The minimum atomic E-state index is -0.453. The lowest BCUT2D eigenvalue weighted by molar-refractivity contribution is 0.199. The molecule has 2 heterocycles.